The first kappa shape index (κ1) is 12.8. The number of hydrogen-bond donors (Lipinski definition) is 2. The van der Waals surface area contributed by atoms with Gasteiger partial charge in [-0.25, -0.2) is 0 Å². The summed E-state index contributed by atoms with van der Waals surface area (Å²) in [6.07, 6.45) is 0. The molecule has 0 saturated carbocycles. The third kappa shape index (κ3) is 3.11. The van der Waals surface area contributed by atoms with Crippen LogP contribution in [0.4, 0.5) is 0 Å². The van der Waals surface area contributed by atoms with Gasteiger partial charge in [-0.1, -0.05) is 0 Å². The molecule has 2 N–H and O–H groups in total. The summed E-state index contributed by atoms with van der Waals surface area (Å²) in [5.41, 5.74) is 0.271. The van der Waals surface area contributed by atoms with E-state index in [2.05, 4.69) is 0 Å². The number of nitriles is 1. The molecule has 1 rings (SSSR count). The Labute approximate surface area is 99.5 Å². The number of aromatic hydroxyl groups is 2. The molecule has 0 aliphatic heterocycles. The lowest BCUT2D eigenvalue weighted by atomic mass is 10.1. The first-order chi connectivity index (χ1) is 7.95. The highest BCUT2D eigenvalue weighted by Crippen LogP contribution is 2.25. The Kier molecular flexibility index (Phi) is 3.94. The highest BCUT2D eigenvalue weighted by atomic mass is 16.3. The number of carbonyl (C=O) groups is 1. The van der Waals surface area contributed by atoms with Crippen molar-refractivity contribution in [1.29, 1.82) is 5.26 Å². The maximum atomic E-state index is 11.9. The van der Waals surface area contributed by atoms with Crippen molar-refractivity contribution in [3.8, 4) is 17.6 Å². The minimum atomic E-state index is -0.336. The molecular weight excluding hydrogens is 220 g/mol. The summed E-state index contributed by atoms with van der Waals surface area (Å²) in [6.45, 7) is 2.04. The summed E-state index contributed by atoms with van der Waals surface area (Å²) in [4.78, 5) is 13.3. The van der Waals surface area contributed by atoms with Gasteiger partial charge >= 0.3 is 0 Å². The summed E-state index contributed by atoms with van der Waals surface area (Å²) < 4.78 is 0. The minimum absolute atomic E-state index is 0.255. The van der Waals surface area contributed by atoms with Crippen molar-refractivity contribution in [2.75, 3.05) is 13.6 Å². The van der Waals surface area contributed by atoms with Gasteiger partial charge in [0, 0.05) is 19.2 Å². The van der Waals surface area contributed by atoms with Crippen LogP contribution in [0, 0.1) is 17.2 Å². The van der Waals surface area contributed by atoms with E-state index >= 15 is 0 Å². The first-order valence-corrected chi connectivity index (χ1v) is 5.12. The topological polar surface area (TPSA) is 84.6 Å². The summed E-state index contributed by atoms with van der Waals surface area (Å²) in [7, 11) is 1.58. The van der Waals surface area contributed by atoms with Crippen molar-refractivity contribution < 1.29 is 15.0 Å². The van der Waals surface area contributed by atoms with Crippen molar-refractivity contribution in [3.05, 3.63) is 23.8 Å². The Morgan fingerprint density at radius 1 is 1.47 bits per heavy atom. The number of nitrogens with zero attached hydrogens (tertiary/aromatic N) is 2. The number of benzene rings is 1. The van der Waals surface area contributed by atoms with E-state index in [0.717, 1.165) is 0 Å². The SMILES string of the molecule is CC(C#N)CN(C)C(=O)c1ccc(O)c(O)c1. The van der Waals surface area contributed by atoms with Crippen LogP contribution in [0.1, 0.15) is 17.3 Å². The van der Waals surface area contributed by atoms with Gasteiger partial charge in [-0.15, -0.1) is 0 Å². The van der Waals surface area contributed by atoms with Gasteiger partial charge < -0.3 is 15.1 Å². The van der Waals surface area contributed by atoms with Crippen molar-refractivity contribution in [3.63, 3.8) is 0 Å². The third-order valence-corrected chi connectivity index (χ3v) is 2.34. The summed E-state index contributed by atoms with van der Waals surface area (Å²) in [5.74, 6) is -1.16. The van der Waals surface area contributed by atoms with Crippen LogP contribution in [0.2, 0.25) is 0 Å². The summed E-state index contributed by atoms with van der Waals surface area (Å²) in [6, 6.07) is 5.91. The van der Waals surface area contributed by atoms with Crippen molar-refractivity contribution in [2.45, 2.75) is 6.92 Å². The number of amides is 1. The molecule has 0 saturated heterocycles. The molecule has 0 radical (unpaired) electrons. The molecule has 17 heavy (non-hydrogen) atoms. The zero-order chi connectivity index (χ0) is 13.0. The number of rotatable bonds is 3. The van der Waals surface area contributed by atoms with E-state index in [1.807, 2.05) is 6.07 Å². The molecule has 0 aliphatic carbocycles. The van der Waals surface area contributed by atoms with Gasteiger partial charge in [0.05, 0.1) is 12.0 Å². The molecule has 0 aliphatic rings. The lowest BCUT2D eigenvalue weighted by Crippen LogP contribution is -2.30. The second-order valence-electron chi connectivity index (χ2n) is 3.92. The number of phenols is 2. The molecule has 90 valence electrons. The number of carbonyl (C=O) groups excluding carboxylic acids is 1. The molecule has 0 spiro atoms. The molecule has 0 aromatic heterocycles. The second-order valence-corrected chi connectivity index (χ2v) is 3.92. The first-order valence-electron chi connectivity index (χ1n) is 5.12. The highest BCUT2D eigenvalue weighted by molar-refractivity contribution is 5.94. The molecule has 1 aromatic carbocycles. The number of hydrogen-bond acceptors (Lipinski definition) is 4. The molecule has 5 nitrogen and oxygen atoms in total. The summed E-state index contributed by atoms with van der Waals surface area (Å²) in [5, 5.41) is 27.1. The molecule has 1 atom stereocenters. The van der Waals surface area contributed by atoms with Crippen molar-refractivity contribution >= 4 is 5.91 Å². The van der Waals surface area contributed by atoms with E-state index in [1.54, 1.807) is 14.0 Å². The lowest BCUT2D eigenvalue weighted by molar-refractivity contribution is 0.0784. The quantitative estimate of drug-likeness (QED) is 0.773. The van der Waals surface area contributed by atoms with Gasteiger partial charge in [-0.2, -0.15) is 5.26 Å². The standard InChI is InChI=1S/C12H14N2O3/c1-8(6-13)7-14(2)12(17)9-3-4-10(15)11(16)5-9/h3-5,8,15-16H,7H2,1-2H3. The fourth-order valence-electron chi connectivity index (χ4n) is 1.41. The molecule has 0 fully saturated rings. The molecule has 0 heterocycles. The Morgan fingerprint density at radius 2 is 2.12 bits per heavy atom. The average Bonchev–Trinajstić information content (AvgIpc) is 2.31. The molecule has 1 amide bonds. The maximum absolute atomic E-state index is 11.9. The van der Waals surface area contributed by atoms with Crippen LogP contribution in [0.3, 0.4) is 0 Å². The van der Waals surface area contributed by atoms with Gasteiger partial charge in [0.15, 0.2) is 11.5 Å². The van der Waals surface area contributed by atoms with Crippen LogP contribution >= 0.6 is 0 Å². The normalized spacial score (nSPS) is 11.6. The van der Waals surface area contributed by atoms with Crippen LogP contribution in [0.25, 0.3) is 0 Å². The largest absolute Gasteiger partial charge is 0.504 e. The van der Waals surface area contributed by atoms with Crippen molar-refractivity contribution in [1.82, 2.24) is 4.90 Å². The third-order valence-electron chi connectivity index (χ3n) is 2.34. The fraction of sp³-hybridized carbons (Fsp3) is 0.333. The van der Waals surface area contributed by atoms with Crippen LogP contribution in [0.5, 0.6) is 11.5 Å². The average molecular weight is 234 g/mol. The van der Waals surface area contributed by atoms with E-state index < -0.39 is 0 Å². The van der Waals surface area contributed by atoms with Gasteiger partial charge in [0.1, 0.15) is 0 Å². The van der Waals surface area contributed by atoms with E-state index in [-0.39, 0.29) is 28.9 Å². The minimum Gasteiger partial charge on any atom is -0.504 e. The predicted octanol–water partition coefficient (Wildman–Crippen LogP) is 1.33. The smallest absolute Gasteiger partial charge is 0.253 e. The van der Waals surface area contributed by atoms with E-state index in [1.165, 1.54) is 23.1 Å². The highest BCUT2D eigenvalue weighted by Gasteiger charge is 2.15. The Bertz CT molecular complexity index is 465. The number of phenolic OH excluding ortho intramolecular Hbond substituents is 2. The van der Waals surface area contributed by atoms with E-state index in [4.69, 9.17) is 10.4 Å². The lowest BCUT2D eigenvalue weighted by Gasteiger charge is -2.18. The molecule has 1 aromatic rings. The van der Waals surface area contributed by atoms with Gasteiger partial charge in [0.2, 0.25) is 0 Å². The Hall–Kier alpha value is -2.22. The molecule has 1 unspecified atom stereocenters. The molecule has 5 heteroatoms. The van der Waals surface area contributed by atoms with Gasteiger partial charge in [0.25, 0.3) is 5.91 Å². The fourth-order valence-corrected chi connectivity index (χ4v) is 1.41. The van der Waals surface area contributed by atoms with Gasteiger partial charge in [-0.3, -0.25) is 4.79 Å². The zero-order valence-corrected chi connectivity index (χ0v) is 9.71. The van der Waals surface area contributed by atoms with Crippen LogP contribution in [-0.4, -0.2) is 34.6 Å². The Morgan fingerprint density at radius 3 is 2.65 bits per heavy atom. The zero-order valence-electron chi connectivity index (χ0n) is 9.71. The predicted molar refractivity (Wildman–Crippen MR) is 61.5 cm³/mol. The monoisotopic (exact) mass is 234 g/mol. The van der Waals surface area contributed by atoms with Crippen molar-refractivity contribution in [2.24, 2.45) is 5.92 Å². The summed E-state index contributed by atoms with van der Waals surface area (Å²) >= 11 is 0. The van der Waals surface area contributed by atoms with E-state index in [9.17, 15) is 9.90 Å². The van der Waals surface area contributed by atoms with Crippen LogP contribution in [0.15, 0.2) is 18.2 Å². The van der Waals surface area contributed by atoms with Gasteiger partial charge in [-0.05, 0) is 25.1 Å². The Balaban J connectivity index is 2.82. The molecule has 0 bridgehead atoms. The maximum Gasteiger partial charge on any atom is 0.253 e. The van der Waals surface area contributed by atoms with Crippen LogP contribution < -0.4 is 0 Å². The van der Waals surface area contributed by atoms with E-state index in [0.29, 0.717) is 6.54 Å². The molecular formula is C12H14N2O3. The second kappa shape index (κ2) is 5.21. The van der Waals surface area contributed by atoms with Crippen LogP contribution in [-0.2, 0) is 0 Å².